The maximum absolute atomic E-state index is 14.3. The standard InChI is InChI=1S/C31H34F5IN7O4P/c1-30(2,3)48-29(45)43(18-19-10-24(32)28(25(33)11-19)47-31(34,35)36)7-4-5-8-46-9-6-39-26-13-20(21-12-22(15-38)42-40-16-21)14-27-23(26)17-41-44(27)49-37/h10-14,17,39-40,49H,4-9,16,18H2,1-3H3. The Labute approximate surface area is 294 Å². The van der Waals surface area contributed by atoms with Crippen molar-refractivity contribution in [2.45, 2.75) is 52.1 Å². The Morgan fingerprint density at radius 1 is 1.16 bits per heavy atom. The molecule has 1 aliphatic rings. The number of carbonyl (C=O) groups excluding carboxylic acids is 1. The number of rotatable bonds is 14. The molecular weight excluding hydrogens is 787 g/mol. The van der Waals surface area contributed by atoms with Crippen LogP contribution in [0.15, 0.2) is 41.6 Å². The maximum atomic E-state index is 14.3. The molecule has 0 saturated heterocycles. The van der Waals surface area contributed by atoms with Gasteiger partial charge in [0.1, 0.15) is 11.7 Å². The van der Waals surface area contributed by atoms with E-state index in [9.17, 15) is 32.0 Å². The molecule has 0 aliphatic carbocycles. The fraction of sp³-hybridized carbons (Fsp3) is 0.419. The van der Waals surface area contributed by atoms with Gasteiger partial charge in [-0.1, -0.05) is 0 Å². The van der Waals surface area contributed by atoms with Gasteiger partial charge in [0, 0.05) is 37.3 Å². The van der Waals surface area contributed by atoms with Crippen molar-refractivity contribution in [3.05, 3.63) is 59.3 Å². The molecule has 0 saturated carbocycles. The molecule has 2 heterocycles. The zero-order chi connectivity index (χ0) is 35.8. The number of hydrazone groups is 1. The summed E-state index contributed by atoms with van der Waals surface area (Å²) in [5.74, 6) is -4.66. The van der Waals surface area contributed by atoms with Gasteiger partial charge in [-0.3, -0.25) is 0 Å². The number of ether oxygens (including phenoxy) is 3. The molecule has 4 rings (SSSR count). The Balaban J connectivity index is 1.31. The van der Waals surface area contributed by atoms with Crippen molar-refractivity contribution in [1.82, 2.24) is 19.9 Å². The molecule has 0 fully saturated rings. The second kappa shape index (κ2) is 16.8. The van der Waals surface area contributed by atoms with Crippen LogP contribution in [0, 0.1) is 23.0 Å². The van der Waals surface area contributed by atoms with Crippen molar-refractivity contribution in [3.8, 4) is 11.8 Å². The number of carbonyl (C=O) groups is 1. The number of nitrogens with one attached hydrogen (secondary N) is 2. The monoisotopic (exact) mass is 821 g/mol. The number of benzene rings is 2. The summed E-state index contributed by atoms with van der Waals surface area (Å²) in [6.07, 6.45) is -1.09. The van der Waals surface area contributed by atoms with Crippen molar-refractivity contribution < 1.29 is 41.0 Å². The zero-order valence-corrected chi connectivity index (χ0v) is 29.9. The average molecular weight is 822 g/mol. The predicted octanol–water partition coefficient (Wildman–Crippen LogP) is 7.52. The molecule has 1 aliphatic heterocycles. The molecule has 1 amide bonds. The van der Waals surface area contributed by atoms with E-state index in [0.717, 1.165) is 27.7 Å². The third-order valence-electron chi connectivity index (χ3n) is 6.86. The van der Waals surface area contributed by atoms with Crippen molar-refractivity contribution in [1.29, 1.82) is 5.26 Å². The number of hydrogen-bond acceptors (Lipinski definition) is 9. The summed E-state index contributed by atoms with van der Waals surface area (Å²) in [6, 6.07) is 7.47. The number of anilines is 1. The second-order valence-corrected chi connectivity index (χ2v) is 13.8. The number of aromatic nitrogens is 2. The lowest BCUT2D eigenvalue weighted by molar-refractivity contribution is -0.276. The first-order valence-electron chi connectivity index (χ1n) is 15.0. The summed E-state index contributed by atoms with van der Waals surface area (Å²) in [5, 5.41) is 22.1. The topological polar surface area (TPSA) is 126 Å². The van der Waals surface area contributed by atoms with Crippen LogP contribution in [-0.4, -0.2) is 71.1 Å². The van der Waals surface area contributed by atoms with Gasteiger partial charge in [0.25, 0.3) is 0 Å². The Kier molecular flexibility index (Phi) is 13.0. The fourth-order valence-electron chi connectivity index (χ4n) is 4.79. The number of unbranched alkanes of at least 4 members (excludes halogenated alkanes) is 1. The van der Waals surface area contributed by atoms with Crippen LogP contribution in [0.2, 0.25) is 0 Å². The lowest BCUT2D eigenvalue weighted by atomic mass is 10.0. The van der Waals surface area contributed by atoms with Gasteiger partial charge < -0.3 is 29.9 Å². The Morgan fingerprint density at radius 2 is 1.90 bits per heavy atom. The molecule has 18 heteroatoms. The third kappa shape index (κ3) is 11.1. The number of fused-ring (bicyclic) bond motifs is 1. The van der Waals surface area contributed by atoms with Crippen molar-refractivity contribution in [2.24, 2.45) is 5.10 Å². The third-order valence-corrected chi connectivity index (χ3v) is 8.75. The van der Waals surface area contributed by atoms with Crippen LogP contribution in [0.1, 0.15) is 44.7 Å². The highest BCUT2D eigenvalue weighted by atomic mass is 127. The van der Waals surface area contributed by atoms with Gasteiger partial charge in [0.05, 0.1) is 31.2 Å². The van der Waals surface area contributed by atoms with E-state index in [2.05, 4.69) is 53.8 Å². The number of nitrogens with zero attached hydrogens (tertiary/aromatic N) is 5. The molecule has 1 aromatic heterocycles. The highest BCUT2D eigenvalue weighted by Crippen LogP contribution is 2.35. The van der Waals surface area contributed by atoms with E-state index in [1.54, 1.807) is 33.0 Å². The molecule has 0 bridgehead atoms. The Bertz CT molecular complexity index is 1730. The second-order valence-electron chi connectivity index (χ2n) is 11.8. The summed E-state index contributed by atoms with van der Waals surface area (Å²) >= 11 is 2.26. The van der Waals surface area contributed by atoms with Gasteiger partial charge in [-0.25, -0.2) is 18.0 Å². The average Bonchev–Trinajstić information content (AvgIpc) is 3.45. The van der Waals surface area contributed by atoms with Gasteiger partial charge >= 0.3 is 12.5 Å². The van der Waals surface area contributed by atoms with Crippen LogP contribution in [0.4, 0.5) is 32.4 Å². The largest absolute Gasteiger partial charge is 0.573 e. The minimum atomic E-state index is -5.27. The van der Waals surface area contributed by atoms with E-state index >= 15 is 0 Å². The van der Waals surface area contributed by atoms with Gasteiger partial charge in [-0.05, 0) is 103 Å². The van der Waals surface area contributed by atoms with E-state index in [1.165, 1.54) is 4.90 Å². The number of allylic oxidation sites excluding steroid dienone is 1. The van der Waals surface area contributed by atoms with Crippen LogP contribution in [0.3, 0.4) is 0 Å². The minimum Gasteiger partial charge on any atom is -0.444 e. The van der Waals surface area contributed by atoms with Crippen LogP contribution >= 0.6 is 28.4 Å². The number of halogens is 6. The Hall–Kier alpha value is -3.75. The normalized spacial score (nSPS) is 13.6. The van der Waals surface area contributed by atoms with Gasteiger partial charge in [0.15, 0.2) is 17.3 Å². The lowest BCUT2D eigenvalue weighted by Crippen LogP contribution is -2.37. The summed E-state index contributed by atoms with van der Waals surface area (Å²) in [6.45, 7) is 6.49. The van der Waals surface area contributed by atoms with Crippen LogP contribution in [-0.2, 0) is 16.0 Å². The number of hydrogen-bond donors (Lipinski definition) is 2. The minimum absolute atomic E-state index is 0.0740. The number of alkyl halides is 3. The van der Waals surface area contributed by atoms with E-state index in [1.807, 2.05) is 16.6 Å². The Morgan fingerprint density at radius 3 is 2.55 bits per heavy atom. The molecule has 1 unspecified atom stereocenters. The fourth-order valence-corrected chi connectivity index (χ4v) is 6.32. The van der Waals surface area contributed by atoms with Gasteiger partial charge in [0.2, 0.25) is 5.75 Å². The first-order valence-corrected chi connectivity index (χ1v) is 19.1. The summed E-state index contributed by atoms with van der Waals surface area (Å²) in [5.41, 5.74) is 5.89. The molecule has 0 radical (unpaired) electrons. The maximum Gasteiger partial charge on any atom is 0.573 e. The van der Waals surface area contributed by atoms with E-state index < -0.39 is 35.4 Å². The molecule has 49 heavy (non-hydrogen) atoms. The van der Waals surface area contributed by atoms with Crippen LogP contribution < -0.4 is 15.5 Å². The molecular formula is C31H34F5IN7O4P. The zero-order valence-electron chi connectivity index (χ0n) is 26.8. The molecule has 2 N–H and O–H groups in total. The summed E-state index contributed by atoms with van der Waals surface area (Å²) < 4.78 is 82.8. The lowest BCUT2D eigenvalue weighted by Gasteiger charge is -2.27. The molecule has 3 aromatic rings. The SMILES string of the molecule is CC(C)(C)OC(=O)N(CCCCOCCNc1cc(C2=CC(C#N)=NNC2)cc2c1cnn2PI)Cc1cc(F)c(OC(F)(F)F)c(F)c1. The summed E-state index contributed by atoms with van der Waals surface area (Å²) in [4.78, 5) is 14.1. The first-order chi connectivity index (χ1) is 23.2. The van der Waals surface area contributed by atoms with Gasteiger partial charge in [-0.2, -0.15) is 15.5 Å². The molecule has 1 atom stereocenters. The quantitative estimate of drug-likeness (QED) is 0.0741. The van der Waals surface area contributed by atoms with Crippen LogP contribution in [0.5, 0.6) is 5.75 Å². The van der Waals surface area contributed by atoms with Gasteiger partial charge in [-0.15, -0.1) is 13.2 Å². The van der Waals surface area contributed by atoms with E-state index in [4.69, 9.17) is 9.47 Å². The first kappa shape index (κ1) is 38.1. The molecule has 2 aromatic carbocycles. The smallest absolute Gasteiger partial charge is 0.444 e. The predicted molar refractivity (Wildman–Crippen MR) is 185 cm³/mol. The highest BCUT2D eigenvalue weighted by molar-refractivity contribution is 14.2. The van der Waals surface area contributed by atoms with E-state index in [-0.39, 0.29) is 18.7 Å². The number of nitriles is 1. The van der Waals surface area contributed by atoms with Crippen molar-refractivity contribution >= 4 is 62.4 Å². The van der Waals surface area contributed by atoms with Crippen molar-refractivity contribution in [2.75, 3.05) is 38.2 Å². The molecule has 0 spiro atoms. The molecule has 11 nitrogen and oxygen atoms in total. The van der Waals surface area contributed by atoms with E-state index in [0.29, 0.717) is 63.4 Å². The highest BCUT2D eigenvalue weighted by Gasteiger charge is 2.34. The number of amides is 1. The van der Waals surface area contributed by atoms with Crippen LogP contribution in [0.25, 0.3) is 16.5 Å². The van der Waals surface area contributed by atoms with Crippen molar-refractivity contribution in [3.63, 3.8) is 0 Å². The molecule has 264 valence electrons. The summed E-state index contributed by atoms with van der Waals surface area (Å²) in [7, 11) is 0.